The summed E-state index contributed by atoms with van der Waals surface area (Å²) in [5, 5.41) is 4.52. The van der Waals surface area contributed by atoms with E-state index in [2.05, 4.69) is 11.3 Å². The lowest BCUT2D eigenvalue weighted by atomic mass is 9.89. The van der Waals surface area contributed by atoms with E-state index in [1.54, 1.807) is 7.11 Å². The van der Waals surface area contributed by atoms with E-state index in [9.17, 15) is 8.78 Å². The monoisotopic (exact) mass is 491 g/mol. The summed E-state index contributed by atoms with van der Waals surface area (Å²) in [5.74, 6) is -1.24. The highest BCUT2D eigenvalue weighted by atomic mass is 19.1. The van der Waals surface area contributed by atoms with E-state index in [0.717, 1.165) is 35.9 Å². The molecule has 3 aromatic heterocycles. The Morgan fingerprint density at radius 1 is 1.11 bits per heavy atom. The molecule has 36 heavy (non-hydrogen) atoms. The van der Waals surface area contributed by atoms with Crippen molar-refractivity contribution in [3.63, 3.8) is 0 Å². The first-order valence-corrected chi connectivity index (χ1v) is 12.3. The fourth-order valence-electron chi connectivity index (χ4n) is 4.91. The molecule has 6 rings (SSSR count). The van der Waals surface area contributed by atoms with E-state index in [1.807, 2.05) is 23.9 Å². The van der Waals surface area contributed by atoms with Crippen molar-refractivity contribution in [3.8, 4) is 11.3 Å². The normalized spacial score (nSPS) is 20.2. The van der Waals surface area contributed by atoms with Crippen molar-refractivity contribution in [2.75, 3.05) is 13.7 Å². The first-order valence-electron chi connectivity index (χ1n) is 12.3. The number of aryl methyl sites for hydroxylation is 1. The maximum atomic E-state index is 14.9. The Morgan fingerprint density at radius 2 is 1.97 bits per heavy atom. The van der Waals surface area contributed by atoms with Gasteiger partial charge in [0.1, 0.15) is 22.8 Å². The van der Waals surface area contributed by atoms with Crippen LogP contribution in [0.3, 0.4) is 0 Å². The largest absolute Gasteiger partial charge is 0.378 e. The number of rotatable bonds is 6. The molecule has 0 bridgehead atoms. The molecule has 1 aliphatic carbocycles. The van der Waals surface area contributed by atoms with Gasteiger partial charge < -0.3 is 9.47 Å². The van der Waals surface area contributed by atoms with Crippen molar-refractivity contribution in [1.29, 1.82) is 0 Å². The van der Waals surface area contributed by atoms with Crippen molar-refractivity contribution < 1.29 is 18.3 Å². The van der Waals surface area contributed by atoms with Crippen LogP contribution in [0, 0.1) is 18.6 Å². The van der Waals surface area contributed by atoms with Crippen LogP contribution in [0.2, 0.25) is 0 Å². The number of hydrogen-bond acceptors (Lipinski definition) is 6. The summed E-state index contributed by atoms with van der Waals surface area (Å²) >= 11 is 0. The molecule has 0 radical (unpaired) electrons. The van der Waals surface area contributed by atoms with Crippen molar-refractivity contribution in [3.05, 3.63) is 70.9 Å². The Kier molecular flexibility index (Phi) is 5.97. The molecular formula is C27H27F2N5O2. The molecule has 1 aromatic carbocycles. The minimum Gasteiger partial charge on any atom is -0.378 e. The van der Waals surface area contributed by atoms with E-state index in [1.165, 1.54) is 25.0 Å². The Bertz CT molecular complexity index is 1440. The van der Waals surface area contributed by atoms with Gasteiger partial charge in [0.2, 0.25) is 0 Å². The third kappa shape index (κ3) is 4.37. The van der Waals surface area contributed by atoms with Crippen LogP contribution in [-0.4, -0.2) is 38.4 Å². The van der Waals surface area contributed by atoms with Gasteiger partial charge in [-0.15, -0.1) is 0 Å². The smallest absolute Gasteiger partial charge is 0.135 e. The zero-order valence-electron chi connectivity index (χ0n) is 20.2. The third-order valence-corrected chi connectivity index (χ3v) is 7.03. The van der Waals surface area contributed by atoms with Gasteiger partial charge in [0, 0.05) is 48.7 Å². The molecule has 7 nitrogen and oxygen atoms in total. The summed E-state index contributed by atoms with van der Waals surface area (Å²) < 4.78 is 42.0. The average Bonchev–Trinajstić information content (AvgIpc) is 3.60. The lowest BCUT2D eigenvalue weighted by molar-refractivity contribution is 0.00462. The molecule has 9 heteroatoms. The van der Waals surface area contributed by atoms with E-state index in [0.29, 0.717) is 35.1 Å². The van der Waals surface area contributed by atoms with Crippen molar-refractivity contribution in [2.45, 2.75) is 57.3 Å². The Labute approximate surface area is 207 Å². The number of pyridine rings is 1. The molecule has 186 valence electrons. The Hall–Kier alpha value is -3.30. The van der Waals surface area contributed by atoms with E-state index in [4.69, 9.17) is 24.4 Å². The highest BCUT2D eigenvalue weighted by Crippen LogP contribution is 2.40. The molecule has 2 fully saturated rings. The number of halogens is 2. The first kappa shape index (κ1) is 23.1. The molecule has 1 saturated heterocycles. The number of fused-ring (bicyclic) bond motifs is 1. The molecule has 4 heterocycles. The van der Waals surface area contributed by atoms with Crippen LogP contribution in [0.25, 0.3) is 22.3 Å². The van der Waals surface area contributed by atoms with Crippen LogP contribution in [0.1, 0.15) is 66.4 Å². The number of aromatic nitrogens is 5. The Morgan fingerprint density at radius 3 is 2.75 bits per heavy atom. The van der Waals surface area contributed by atoms with Gasteiger partial charge in [-0.25, -0.2) is 23.7 Å². The van der Waals surface area contributed by atoms with E-state index in [-0.39, 0.29) is 24.2 Å². The maximum Gasteiger partial charge on any atom is 0.135 e. The van der Waals surface area contributed by atoms with Crippen LogP contribution in [-0.2, 0) is 16.1 Å². The van der Waals surface area contributed by atoms with Crippen LogP contribution < -0.4 is 0 Å². The molecule has 0 spiro atoms. The molecule has 4 aromatic rings. The predicted molar refractivity (Wildman–Crippen MR) is 129 cm³/mol. The molecule has 1 aliphatic heterocycles. The summed E-state index contributed by atoms with van der Waals surface area (Å²) in [5.41, 5.74) is 4.91. The second-order valence-corrected chi connectivity index (χ2v) is 9.64. The van der Waals surface area contributed by atoms with Gasteiger partial charge in [0.15, 0.2) is 0 Å². The van der Waals surface area contributed by atoms with Crippen molar-refractivity contribution >= 4 is 11.0 Å². The number of nitrogens with zero attached hydrogens (tertiary/aromatic N) is 5. The van der Waals surface area contributed by atoms with Crippen LogP contribution >= 0.6 is 0 Å². The lowest BCUT2D eigenvalue weighted by Crippen LogP contribution is -2.19. The zero-order chi connectivity index (χ0) is 24.8. The number of methoxy groups -OCH3 is 1. The highest BCUT2D eigenvalue weighted by Gasteiger charge is 2.30. The van der Waals surface area contributed by atoms with Gasteiger partial charge in [0.05, 0.1) is 41.9 Å². The summed E-state index contributed by atoms with van der Waals surface area (Å²) in [6.07, 6.45) is 7.75. The average molecular weight is 492 g/mol. The SMILES string of the molecule is COCc1nc2c(-c3ccc(F)cc3F)nc([C@H]3CCO[C@H](c4cnn(C5CC5)c4)C3)cc2nc1C. The number of hydrogen-bond donors (Lipinski definition) is 0. The fourth-order valence-corrected chi connectivity index (χ4v) is 4.91. The molecule has 0 unspecified atom stereocenters. The Balaban J connectivity index is 1.42. The second kappa shape index (κ2) is 9.29. The van der Waals surface area contributed by atoms with Gasteiger partial charge in [0.25, 0.3) is 0 Å². The molecule has 1 saturated carbocycles. The van der Waals surface area contributed by atoms with E-state index < -0.39 is 11.6 Å². The van der Waals surface area contributed by atoms with Crippen molar-refractivity contribution in [2.24, 2.45) is 0 Å². The zero-order valence-corrected chi connectivity index (χ0v) is 20.2. The maximum absolute atomic E-state index is 14.9. The molecule has 0 amide bonds. The van der Waals surface area contributed by atoms with Crippen LogP contribution in [0.5, 0.6) is 0 Å². The van der Waals surface area contributed by atoms with E-state index >= 15 is 0 Å². The summed E-state index contributed by atoms with van der Waals surface area (Å²) in [7, 11) is 1.59. The highest BCUT2D eigenvalue weighted by molar-refractivity contribution is 5.89. The summed E-state index contributed by atoms with van der Waals surface area (Å²) in [4.78, 5) is 14.4. The minimum absolute atomic E-state index is 0.0837. The third-order valence-electron chi connectivity index (χ3n) is 7.03. The molecule has 0 N–H and O–H groups in total. The summed E-state index contributed by atoms with van der Waals surface area (Å²) in [6, 6.07) is 5.97. The molecular weight excluding hydrogens is 464 g/mol. The standard InChI is InChI=1S/C27H27F2N5O2/c1-15-24(14-35-2)33-27-23(31-15)11-22(32-26(27)20-6-3-18(28)10-21(20)29)16-7-8-36-25(9-16)17-12-30-34(13-17)19-4-5-19/h3,6,10-13,16,19,25H,4-5,7-9,14H2,1-2H3/t16-,25-/m0/s1. The van der Waals surface area contributed by atoms with Gasteiger partial charge in [-0.05, 0) is 50.8 Å². The first-order chi connectivity index (χ1) is 17.5. The summed E-state index contributed by atoms with van der Waals surface area (Å²) in [6.45, 7) is 2.74. The predicted octanol–water partition coefficient (Wildman–Crippen LogP) is 5.59. The number of ether oxygens (including phenoxy) is 2. The molecule has 2 atom stereocenters. The number of benzene rings is 1. The molecule has 2 aliphatic rings. The van der Waals surface area contributed by atoms with Crippen molar-refractivity contribution in [1.82, 2.24) is 24.7 Å². The van der Waals surface area contributed by atoms with Gasteiger partial charge in [-0.2, -0.15) is 5.10 Å². The van der Waals surface area contributed by atoms with Gasteiger partial charge >= 0.3 is 0 Å². The lowest BCUT2D eigenvalue weighted by Gasteiger charge is -2.29. The van der Waals surface area contributed by atoms with Gasteiger partial charge in [-0.3, -0.25) is 4.68 Å². The van der Waals surface area contributed by atoms with Crippen LogP contribution in [0.4, 0.5) is 8.78 Å². The van der Waals surface area contributed by atoms with Crippen LogP contribution in [0.15, 0.2) is 36.7 Å². The fraction of sp³-hybridized carbons (Fsp3) is 0.407. The van der Waals surface area contributed by atoms with Gasteiger partial charge in [-0.1, -0.05) is 0 Å². The minimum atomic E-state index is -0.686. The quantitative estimate of drug-likeness (QED) is 0.350. The topological polar surface area (TPSA) is 75.0 Å². The second-order valence-electron chi connectivity index (χ2n) is 9.64.